The smallest absolute Gasteiger partial charge is 0.396 e. The Morgan fingerprint density at radius 2 is 1.60 bits per heavy atom. The summed E-state index contributed by atoms with van der Waals surface area (Å²) in [6.07, 6.45) is -4.96. The molecule has 0 amide bonds. The van der Waals surface area contributed by atoms with E-state index in [0.717, 1.165) is 12.1 Å². The van der Waals surface area contributed by atoms with E-state index < -0.39 is 17.5 Å². The van der Waals surface area contributed by atoms with Gasteiger partial charge < -0.3 is 5.73 Å². The Morgan fingerprint density at radius 3 is 1.93 bits per heavy atom. The molecule has 0 bridgehead atoms. The number of benzene rings is 1. The van der Waals surface area contributed by atoms with Gasteiger partial charge >= 0.3 is 6.18 Å². The molecule has 1 aromatic carbocycles. The van der Waals surface area contributed by atoms with Crippen LogP contribution < -0.4 is 5.73 Å². The third-order valence-electron chi connectivity index (χ3n) is 1.60. The molecule has 2 nitrogen and oxygen atoms in total. The van der Waals surface area contributed by atoms with Gasteiger partial charge in [0.25, 0.3) is 5.78 Å². The van der Waals surface area contributed by atoms with Crippen LogP contribution in [0.15, 0.2) is 12.1 Å². The Bertz CT molecular complexity index is 394. The molecule has 0 aliphatic heterocycles. The van der Waals surface area contributed by atoms with E-state index in [2.05, 4.69) is 0 Å². The molecule has 0 heterocycles. The second-order valence-electron chi connectivity index (χ2n) is 2.68. The van der Waals surface area contributed by atoms with E-state index in [0.29, 0.717) is 0 Å². The molecule has 1 rings (SSSR count). The highest BCUT2D eigenvalue weighted by Gasteiger charge is 2.39. The van der Waals surface area contributed by atoms with Crippen LogP contribution in [0.5, 0.6) is 0 Å². The average Bonchev–Trinajstić information content (AvgIpc) is 2.10. The minimum atomic E-state index is -4.96. The summed E-state index contributed by atoms with van der Waals surface area (Å²) >= 11 is 11.0. The van der Waals surface area contributed by atoms with Crippen LogP contribution in [-0.4, -0.2) is 12.0 Å². The SMILES string of the molecule is Nc1c(Cl)cc(C(=O)C(F)(F)F)cc1Cl. The highest BCUT2D eigenvalue weighted by Crippen LogP contribution is 2.31. The van der Waals surface area contributed by atoms with Gasteiger partial charge in [-0.2, -0.15) is 13.2 Å². The first kappa shape index (κ1) is 12.1. The first-order chi connectivity index (χ1) is 6.73. The van der Waals surface area contributed by atoms with E-state index in [9.17, 15) is 18.0 Å². The fraction of sp³-hybridized carbons (Fsp3) is 0.125. The van der Waals surface area contributed by atoms with E-state index >= 15 is 0 Å². The second-order valence-corrected chi connectivity index (χ2v) is 3.49. The lowest BCUT2D eigenvalue weighted by atomic mass is 10.1. The summed E-state index contributed by atoms with van der Waals surface area (Å²) in [5, 5.41) is -0.370. The summed E-state index contributed by atoms with van der Waals surface area (Å²) in [5.74, 6) is -2.01. The molecular weight excluding hydrogens is 254 g/mol. The Morgan fingerprint density at radius 1 is 1.20 bits per heavy atom. The van der Waals surface area contributed by atoms with Gasteiger partial charge in [0.05, 0.1) is 15.7 Å². The minimum absolute atomic E-state index is 0.0583. The van der Waals surface area contributed by atoms with Crippen LogP contribution in [0.2, 0.25) is 10.0 Å². The van der Waals surface area contributed by atoms with Crippen molar-refractivity contribution in [3.05, 3.63) is 27.7 Å². The van der Waals surface area contributed by atoms with E-state index in [4.69, 9.17) is 28.9 Å². The highest BCUT2D eigenvalue weighted by atomic mass is 35.5. The molecule has 7 heteroatoms. The molecular formula is C8H4Cl2F3NO. The molecule has 0 unspecified atom stereocenters. The van der Waals surface area contributed by atoms with Crippen molar-refractivity contribution in [2.45, 2.75) is 6.18 Å². The van der Waals surface area contributed by atoms with E-state index in [-0.39, 0.29) is 15.7 Å². The number of hydrogen-bond acceptors (Lipinski definition) is 2. The van der Waals surface area contributed by atoms with E-state index in [1.807, 2.05) is 0 Å². The van der Waals surface area contributed by atoms with Gasteiger partial charge in [0, 0.05) is 5.56 Å². The van der Waals surface area contributed by atoms with Crippen molar-refractivity contribution in [1.29, 1.82) is 0 Å². The standard InChI is InChI=1S/C8H4Cl2F3NO/c9-4-1-3(2-5(10)6(4)14)7(15)8(11,12)13/h1-2H,14H2. The van der Waals surface area contributed by atoms with Crippen molar-refractivity contribution < 1.29 is 18.0 Å². The third-order valence-corrected chi connectivity index (χ3v) is 2.22. The van der Waals surface area contributed by atoms with Crippen LogP contribution in [0.3, 0.4) is 0 Å². The second kappa shape index (κ2) is 3.90. The molecule has 0 saturated heterocycles. The molecule has 0 saturated carbocycles. The van der Waals surface area contributed by atoms with Crippen molar-refractivity contribution in [2.24, 2.45) is 0 Å². The molecule has 1 aromatic rings. The summed E-state index contributed by atoms with van der Waals surface area (Å²) in [6, 6.07) is 1.66. The van der Waals surface area contributed by atoms with Crippen molar-refractivity contribution >= 4 is 34.7 Å². The number of rotatable bonds is 1. The minimum Gasteiger partial charge on any atom is -0.396 e. The van der Waals surface area contributed by atoms with Crippen molar-refractivity contribution in [2.75, 3.05) is 5.73 Å². The zero-order chi connectivity index (χ0) is 11.8. The van der Waals surface area contributed by atoms with Crippen LogP contribution in [0.4, 0.5) is 18.9 Å². The molecule has 15 heavy (non-hydrogen) atoms. The molecule has 0 radical (unpaired) electrons. The maximum absolute atomic E-state index is 12.0. The maximum Gasteiger partial charge on any atom is 0.454 e. The van der Waals surface area contributed by atoms with Gasteiger partial charge in [0.1, 0.15) is 0 Å². The monoisotopic (exact) mass is 257 g/mol. The zero-order valence-corrected chi connectivity index (χ0v) is 8.54. The number of carbonyl (C=O) groups is 1. The molecule has 0 atom stereocenters. The summed E-state index contributed by atoms with van der Waals surface area (Å²) < 4.78 is 36.1. The lowest BCUT2D eigenvalue weighted by molar-refractivity contribution is -0.0885. The molecule has 0 aromatic heterocycles. The van der Waals surface area contributed by atoms with Gasteiger partial charge in [-0.3, -0.25) is 4.79 Å². The van der Waals surface area contributed by atoms with Crippen LogP contribution in [0.25, 0.3) is 0 Å². The van der Waals surface area contributed by atoms with Gasteiger partial charge in [0.15, 0.2) is 0 Å². The summed E-state index contributed by atoms with van der Waals surface area (Å²) in [4.78, 5) is 10.8. The average molecular weight is 258 g/mol. The number of alkyl halides is 3. The van der Waals surface area contributed by atoms with E-state index in [1.165, 1.54) is 0 Å². The summed E-state index contributed by atoms with van der Waals surface area (Å²) in [5.41, 5.74) is 4.61. The predicted octanol–water partition coefficient (Wildman–Crippen LogP) is 3.32. The number of Topliss-reactive ketones (excluding diaryl/α,β-unsaturated/α-hetero) is 1. The number of anilines is 1. The number of nitrogens with two attached hydrogens (primary N) is 1. The highest BCUT2D eigenvalue weighted by molar-refractivity contribution is 6.39. The largest absolute Gasteiger partial charge is 0.454 e. The number of ketones is 1. The number of hydrogen-bond donors (Lipinski definition) is 1. The van der Waals surface area contributed by atoms with Crippen LogP contribution in [0.1, 0.15) is 10.4 Å². The number of halogens is 5. The molecule has 0 aliphatic rings. The molecule has 0 aliphatic carbocycles. The van der Waals surface area contributed by atoms with Gasteiger partial charge in [0.2, 0.25) is 0 Å². The summed E-state index contributed by atoms with van der Waals surface area (Å²) in [6.45, 7) is 0. The predicted molar refractivity (Wildman–Crippen MR) is 51.3 cm³/mol. The lowest BCUT2D eigenvalue weighted by Gasteiger charge is -2.07. The topological polar surface area (TPSA) is 43.1 Å². The Kier molecular flexibility index (Phi) is 3.16. The van der Waals surface area contributed by atoms with Gasteiger partial charge in [-0.15, -0.1) is 0 Å². The summed E-state index contributed by atoms with van der Waals surface area (Å²) in [7, 11) is 0. The fourth-order valence-corrected chi connectivity index (χ4v) is 1.37. The van der Waals surface area contributed by atoms with E-state index in [1.54, 1.807) is 0 Å². The quantitative estimate of drug-likeness (QED) is 0.620. The van der Waals surface area contributed by atoms with Crippen LogP contribution >= 0.6 is 23.2 Å². The first-order valence-electron chi connectivity index (χ1n) is 3.59. The number of nitrogen functional groups attached to an aromatic ring is 1. The Balaban J connectivity index is 3.24. The van der Waals surface area contributed by atoms with Crippen molar-refractivity contribution in [3.63, 3.8) is 0 Å². The normalized spacial score (nSPS) is 11.5. The van der Waals surface area contributed by atoms with Crippen LogP contribution in [-0.2, 0) is 0 Å². The fourth-order valence-electron chi connectivity index (χ4n) is 0.879. The molecule has 0 spiro atoms. The Hall–Kier alpha value is -0.940. The first-order valence-corrected chi connectivity index (χ1v) is 4.35. The van der Waals surface area contributed by atoms with Crippen molar-refractivity contribution in [1.82, 2.24) is 0 Å². The Labute approximate surface area is 92.8 Å². The van der Waals surface area contributed by atoms with Gasteiger partial charge in [-0.1, -0.05) is 23.2 Å². The maximum atomic E-state index is 12.0. The molecule has 0 fully saturated rings. The molecule has 82 valence electrons. The third kappa shape index (κ3) is 2.54. The van der Waals surface area contributed by atoms with Gasteiger partial charge in [-0.05, 0) is 12.1 Å². The number of carbonyl (C=O) groups excluding carboxylic acids is 1. The van der Waals surface area contributed by atoms with Gasteiger partial charge in [-0.25, -0.2) is 0 Å². The lowest BCUT2D eigenvalue weighted by Crippen LogP contribution is -2.22. The zero-order valence-electron chi connectivity index (χ0n) is 7.03. The van der Waals surface area contributed by atoms with Crippen molar-refractivity contribution in [3.8, 4) is 0 Å². The molecule has 2 N–H and O–H groups in total. The van der Waals surface area contributed by atoms with Crippen LogP contribution in [0, 0.1) is 0 Å².